The van der Waals surface area contributed by atoms with E-state index in [2.05, 4.69) is 43.4 Å². The molecule has 2 nitrogen and oxygen atoms in total. The van der Waals surface area contributed by atoms with Crippen LogP contribution in [0.2, 0.25) is 0 Å². The second kappa shape index (κ2) is 6.21. The summed E-state index contributed by atoms with van der Waals surface area (Å²) in [6, 6.07) is 0. The lowest BCUT2D eigenvalue weighted by Crippen LogP contribution is -2.22. The molecule has 0 N–H and O–H groups in total. The maximum Gasteiger partial charge on any atom is 0.163 e. The van der Waals surface area contributed by atoms with E-state index in [1.807, 2.05) is 13.8 Å². The zero-order chi connectivity index (χ0) is 13.2. The largest absolute Gasteiger partial charge is 0.347 e. The minimum absolute atomic E-state index is 0.140. The summed E-state index contributed by atoms with van der Waals surface area (Å²) < 4.78 is 12.2. The first kappa shape index (κ1) is 14.8. The first-order valence-electron chi connectivity index (χ1n) is 6.71. The first-order chi connectivity index (χ1) is 8.48. The summed E-state index contributed by atoms with van der Waals surface area (Å²) in [6.45, 7) is 9.14. The third-order valence-corrected chi connectivity index (χ3v) is 6.71. The van der Waals surface area contributed by atoms with Crippen molar-refractivity contribution >= 4 is 23.5 Å². The third-order valence-electron chi connectivity index (χ3n) is 3.32. The molecule has 0 aliphatic carbocycles. The maximum absolute atomic E-state index is 5.89. The van der Waals surface area contributed by atoms with Crippen LogP contribution in [0.4, 0.5) is 0 Å². The summed E-state index contributed by atoms with van der Waals surface area (Å²) in [4.78, 5) is 0. The molecule has 0 amide bonds. The fourth-order valence-electron chi connectivity index (χ4n) is 2.32. The van der Waals surface area contributed by atoms with Gasteiger partial charge in [0.1, 0.15) is 6.10 Å². The summed E-state index contributed by atoms with van der Waals surface area (Å²) in [5.41, 5.74) is 1.32. The van der Waals surface area contributed by atoms with E-state index in [1.165, 1.54) is 23.5 Å². The van der Waals surface area contributed by atoms with E-state index in [9.17, 15) is 0 Å². The van der Waals surface area contributed by atoms with Crippen LogP contribution in [0.3, 0.4) is 0 Å². The van der Waals surface area contributed by atoms with Gasteiger partial charge in [-0.2, -0.15) is 0 Å². The molecule has 104 valence electrons. The van der Waals surface area contributed by atoms with Gasteiger partial charge in [-0.3, -0.25) is 0 Å². The van der Waals surface area contributed by atoms with E-state index in [-0.39, 0.29) is 6.10 Å². The number of thioether (sulfide) groups is 2. The van der Waals surface area contributed by atoms with Crippen LogP contribution in [0.5, 0.6) is 0 Å². The van der Waals surface area contributed by atoms with Crippen molar-refractivity contribution in [1.82, 2.24) is 0 Å². The van der Waals surface area contributed by atoms with Gasteiger partial charge in [0.15, 0.2) is 5.79 Å². The minimum atomic E-state index is -0.419. The van der Waals surface area contributed by atoms with Crippen molar-refractivity contribution in [3.05, 3.63) is 11.6 Å². The van der Waals surface area contributed by atoms with E-state index in [0.29, 0.717) is 17.1 Å². The Morgan fingerprint density at radius 3 is 2.56 bits per heavy atom. The monoisotopic (exact) mass is 288 g/mol. The molecule has 2 aliphatic heterocycles. The highest BCUT2D eigenvalue weighted by molar-refractivity contribution is 8.17. The van der Waals surface area contributed by atoms with Crippen LogP contribution >= 0.6 is 23.5 Å². The van der Waals surface area contributed by atoms with Gasteiger partial charge in [0.2, 0.25) is 0 Å². The lowest BCUT2D eigenvalue weighted by molar-refractivity contribution is -0.134. The quantitative estimate of drug-likeness (QED) is 0.732. The van der Waals surface area contributed by atoms with Gasteiger partial charge < -0.3 is 9.47 Å². The second-order valence-electron chi connectivity index (χ2n) is 5.55. The third kappa shape index (κ3) is 3.92. The normalized spacial score (nSPS) is 31.6. The van der Waals surface area contributed by atoms with E-state index >= 15 is 0 Å². The fraction of sp³-hybridized carbons (Fsp3) is 0.857. The Balaban J connectivity index is 1.91. The van der Waals surface area contributed by atoms with Gasteiger partial charge >= 0.3 is 0 Å². The molecular formula is C14H24O2S2. The Labute approximate surface area is 119 Å². The Morgan fingerprint density at radius 1 is 1.33 bits per heavy atom. The molecule has 0 unspecified atom stereocenters. The lowest BCUT2D eigenvalue weighted by Gasteiger charge is -2.26. The Morgan fingerprint density at radius 2 is 2.00 bits per heavy atom. The predicted octanol–water partition coefficient (Wildman–Crippen LogP) is 3.92. The van der Waals surface area contributed by atoms with Gasteiger partial charge in [0.05, 0.1) is 11.2 Å². The van der Waals surface area contributed by atoms with E-state index in [4.69, 9.17) is 9.47 Å². The summed E-state index contributed by atoms with van der Waals surface area (Å²) in [5.74, 6) is 2.81. The van der Waals surface area contributed by atoms with Crippen LogP contribution in [0.25, 0.3) is 0 Å². The molecule has 2 fully saturated rings. The van der Waals surface area contributed by atoms with Crippen LogP contribution in [0, 0.1) is 5.92 Å². The van der Waals surface area contributed by atoms with Crippen molar-refractivity contribution in [2.24, 2.45) is 5.92 Å². The summed E-state index contributed by atoms with van der Waals surface area (Å²) in [6.07, 6.45) is 3.88. The minimum Gasteiger partial charge on any atom is -0.347 e. The Hall–Kier alpha value is 0.360. The summed E-state index contributed by atoms with van der Waals surface area (Å²) >= 11 is 4.20. The fourth-order valence-corrected chi connectivity index (χ4v) is 5.32. The van der Waals surface area contributed by atoms with Crippen LogP contribution in [-0.2, 0) is 9.47 Å². The molecule has 2 heterocycles. The maximum atomic E-state index is 5.89. The molecule has 18 heavy (non-hydrogen) atoms. The molecule has 0 aromatic heterocycles. The number of allylic oxidation sites excluding steroid dienone is 1. The Bertz CT molecular complexity index is 309. The molecule has 0 aromatic rings. The highest BCUT2D eigenvalue weighted by atomic mass is 32.2. The average Bonchev–Trinajstić information content (AvgIpc) is 2.71. The topological polar surface area (TPSA) is 18.5 Å². The molecule has 2 saturated heterocycles. The average molecular weight is 288 g/mol. The van der Waals surface area contributed by atoms with Crippen molar-refractivity contribution in [3.8, 4) is 0 Å². The SMILES string of the molecule is C/C(=C\[C@@H](C)C1SCCCS1)[C@@H]1COC(C)(C)O1. The lowest BCUT2D eigenvalue weighted by atomic mass is 10.1. The molecule has 0 bridgehead atoms. The number of rotatable bonds is 3. The molecule has 2 rings (SSSR count). The van der Waals surface area contributed by atoms with Crippen molar-refractivity contribution in [3.63, 3.8) is 0 Å². The highest BCUT2D eigenvalue weighted by Crippen LogP contribution is 2.37. The molecule has 0 saturated carbocycles. The Kier molecular flexibility index (Phi) is 5.09. The number of hydrogen-bond donors (Lipinski definition) is 0. The van der Waals surface area contributed by atoms with E-state index in [0.717, 1.165) is 0 Å². The van der Waals surface area contributed by atoms with Gasteiger partial charge in [0.25, 0.3) is 0 Å². The van der Waals surface area contributed by atoms with Gasteiger partial charge in [0, 0.05) is 0 Å². The molecule has 0 radical (unpaired) electrons. The van der Waals surface area contributed by atoms with Crippen molar-refractivity contribution in [2.75, 3.05) is 18.1 Å². The van der Waals surface area contributed by atoms with Crippen molar-refractivity contribution in [2.45, 2.75) is 50.6 Å². The van der Waals surface area contributed by atoms with Crippen LogP contribution in [0.1, 0.15) is 34.1 Å². The summed E-state index contributed by atoms with van der Waals surface area (Å²) in [7, 11) is 0. The standard InChI is InChI=1S/C14H24O2S2/c1-10(12-9-15-14(3,4)16-12)8-11(2)13-17-6-5-7-18-13/h8,11-13H,5-7,9H2,1-4H3/b10-8+/t11-,12+/m1/s1. The zero-order valence-electron chi connectivity index (χ0n) is 11.8. The number of ether oxygens (including phenoxy) is 2. The number of hydrogen-bond acceptors (Lipinski definition) is 4. The van der Waals surface area contributed by atoms with Gasteiger partial charge in [-0.05, 0) is 50.2 Å². The van der Waals surface area contributed by atoms with E-state index < -0.39 is 5.79 Å². The van der Waals surface area contributed by atoms with Gasteiger partial charge in [-0.1, -0.05) is 13.0 Å². The molecule has 2 atom stereocenters. The zero-order valence-corrected chi connectivity index (χ0v) is 13.4. The van der Waals surface area contributed by atoms with Crippen molar-refractivity contribution < 1.29 is 9.47 Å². The van der Waals surface area contributed by atoms with Crippen LogP contribution < -0.4 is 0 Å². The second-order valence-corrected chi connectivity index (χ2v) is 8.35. The smallest absolute Gasteiger partial charge is 0.163 e. The van der Waals surface area contributed by atoms with E-state index in [1.54, 1.807) is 0 Å². The highest BCUT2D eigenvalue weighted by Gasteiger charge is 2.33. The predicted molar refractivity (Wildman–Crippen MR) is 81.1 cm³/mol. The van der Waals surface area contributed by atoms with Crippen LogP contribution in [0.15, 0.2) is 11.6 Å². The first-order valence-corrected chi connectivity index (χ1v) is 8.81. The molecule has 0 aromatic carbocycles. The van der Waals surface area contributed by atoms with Crippen LogP contribution in [-0.4, -0.2) is 34.6 Å². The van der Waals surface area contributed by atoms with Gasteiger partial charge in [-0.25, -0.2) is 0 Å². The molecule has 4 heteroatoms. The van der Waals surface area contributed by atoms with Gasteiger partial charge in [-0.15, -0.1) is 23.5 Å². The molecule has 2 aliphatic rings. The summed E-state index contributed by atoms with van der Waals surface area (Å²) in [5, 5.41) is 0. The van der Waals surface area contributed by atoms with Crippen molar-refractivity contribution in [1.29, 1.82) is 0 Å². The molecule has 0 spiro atoms. The molecular weight excluding hydrogens is 264 g/mol.